The van der Waals surface area contributed by atoms with Crippen LogP contribution in [0, 0.1) is 5.82 Å². The minimum atomic E-state index is -0.421. The predicted molar refractivity (Wildman–Crippen MR) is 57.4 cm³/mol. The Kier molecular flexibility index (Phi) is 2.47. The third-order valence-corrected chi connectivity index (χ3v) is 2.21. The summed E-state index contributed by atoms with van der Waals surface area (Å²) in [6, 6.07) is 4.41. The number of aryl methyl sites for hydroxylation is 1. The second-order valence-electron chi connectivity index (χ2n) is 3.27. The first-order chi connectivity index (χ1) is 7.61. The molecule has 0 aliphatic heterocycles. The standard InChI is InChI=1S/C10H11FN4O/c1-15-10(12)13-9(14-15)6-3-4-7(11)8(5-6)16-2/h3-5H,1-2H3,(H2,12,13,14). The molecule has 0 amide bonds. The van der Waals surface area contributed by atoms with Gasteiger partial charge in [0.1, 0.15) is 0 Å². The van der Waals surface area contributed by atoms with Gasteiger partial charge in [0.05, 0.1) is 7.11 Å². The molecule has 0 atom stereocenters. The first-order valence-corrected chi connectivity index (χ1v) is 4.62. The Morgan fingerprint density at radius 3 is 2.75 bits per heavy atom. The first-order valence-electron chi connectivity index (χ1n) is 4.62. The van der Waals surface area contributed by atoms with E-state index in [2.05, 4.69) is 10.1 Å². The Morgan fingerprint density at radius 1 is 1.44 bits per heavy atom. The molecule has 6 heteroatoms. The molecule has 1 aromatic carbocycles. The monoisotopic (exact) mass is 222 g/mol. The molecule has 84 valence electrons. The molecule has 1 aromatic heterocycles. The van der Waals surface area contributed by atoms with Crippen molar-refractivity contribution in [3.8, 4) is 17.1 Å². The molecule has 2 rings (SSSR count). The minimum absolute atomic E-state index is 0.156. The fraction of sp³-hybridized carbons (Fsp3) is 0.200. The van der Waals surface area contributed by atoms with Gasteiger partial charge >= 0.3 is 0 Å². The number of benzene rings is 1. The van der Waals surface area contributed by atoms with Crippen molar-refractivity contribution in [1.29, 1.82) is 0 Å². The quantitative estimate of drug-likeness (QED) is 0.829. The highest BCUT2D eigenvalue weighted by atomic mass is 19.1. The highest BCUT2D eigenvalue weighted by Crippen LogP contribution is 2.24. The lowest BCUT2D eigenvalue weighted by Crippen LogP contribution is -1.97. The van der Waals surface area contributed by atoms with Crippen LogP contribution in [0.2, 0.25) is 0 Å². The Balaban J connectivity index is 2.48. The molecular formula is C10H11FN4O. The van der Waals surface area contributed by atoms with Crippen LogP contribution in [0.5, 0.6) is 5.75 Å². The van der Waals surface area contributed by atoms with Crippen LogP contribution in [0.3, 0.4) is 0 Å². The zero-order valence-corrected chi connectivity index (χ0v) is 8.94. The zero-order chi connectivity index (χ0) is 11.7. The van der Waals surface area contributed by atoms with Gasteiger partial charge in [0.15, 0.2) is 17.4 Å². The molecule has 2 N–H and O–H groups in total. The van der Waals surface area contributed by atoms with Crippen molar-refractivity contribution in [2.45, 2.75) is 0 Å². The summed E-state index contributed by atoms with van der Waals surface area (Å²) in [5.41, 5.74) is 6.22. The van der Waals surface area contributed by atoms with Gasteiger partial charge in [0.2, 0.25) is 5.95 Å². The molecule has 0 saturated carbocycles. The summed E-state index contributed by atoms with van der Waals surface area (Å²) < 4.78 is 19.5. The summed E-state index contributed by atoms with van der Waals surface area (Å²) in [6.45, 7) is 0. The molecule has 0 aliphatic rings. The summed E-state index contributed by atoms with van der Waals surface area (Å²) in [5, 5.41) is 4.09. The second-order valence-corrected chi connectivity index (χ2v) is 3.27. The molecule has 1 heterocycles. The van der Waals surface area contributed by atoms with Crippen LogP contribution >= 0.6 is 0 Å². The zero-order valence-electron chi connectivity index (χ0n) is 8.94. The number of ether oxygens (including phenoxy) is 1. The molecule has 2 aromatic rings. The van der Waals surface area contributed by atoms with Gasteiger partial charge in [-0.05, 0) is 18.2 Å². The van der Waals surface area contributed by atoms with Crippen molar-refractivity contribution < 1.29 is 9.13 Å². The van der Waals surface area contributed by atoms with Gasteiger partial charge < -0.3 is 10.5 Å². The average molecular weight is 222 g/mol. The van der Waals surface area contributed by atoms with Crippen LogP contribution in [0.25, 0.3) is 11.4 Å². The fourth-order valence-electron chi connectivity index (χ4n) is 1.32. The minimum Gasteiger partial charge on any atom is -0.494 e. The van der Waals surface area contributed by atoms with E-state index < -0.39 is 5.82 Å². The summed E-state index contributed by atoms with van der Waals surface area (Å²) >= 11 is 0. The summed E-state index contributed by atoms with van der Waals surface area (Å²) in [4.78, 5) is 4.04. The molecule has 0 bridgehead atoms. The lowest BCUT2D eigenvalue weighted by molar-refractivity contribution is 0.386. The van der Waals surface area contributed by atoms with Gasteiger partial charge in [-0.25, -0.2) is 9.07 Å². The number of hydrogen-bond donors (Lipinski definition) is 1. The summed E-state index contributed by atoms with van der Waals surface area (Å²) in [6.07, 6.45) is 0. The normalized spacial score (nSPS) is 10.4. The van der Waals surface area contributed by atoms with Gasteiger partial charge in [0.25, 0.3) is 0 Å². The van der Waals surface area contributed by atoms with E-state index in [0.717, 1.165) is 0 Å². The second kappa shape index (κ2) is 3.80. The lowest BCUT2D eigenvalue weighted by atomic mass is 10.2. The Hall–Kier alpha value is -2.11. The Morgan fingerprint density at radius 2 is 2.19 bits per heavy atom. The molecule has 16 heavy (non-hydrogen) atoms. The van der Waals surface area contributed by atoms with Crippen LogP contribution in [-0.2, 0) is 7.05 Å². The van der Waals surface area contributed by atoms with Crippen LogP contribution in [0.4, 0.5) is 10.3 Å². The van der Waals surface area contributed by atoms with E-state index in [1.54, 1.807) is 13.1 Å². The van der Waals surface area contributed by atoms with Crippen molar-refractivity contribution in [2.24, 2.45) is 7.05 Å². The number of hydrogen-bond acceptors (Lipinski definition) is 4. The lowest BCUT2D eigenvalue weighted by Gasteiger charge is -2.02. The van der Waals surface area contributed by atoms with Crippen molar-refractivity contribution in [2.75, 3.05) is 12.8 Å². The molecule has 0 fully saturated rings. The summed E-state index contributed by atoms with van der Waals surface area (Å²) in [7, 11) is 3.09. The molecule has 0 spiro atoms. The maximum absolute atomic E-state index is 13.2. The number of nitrogens with zero attached hydrogens (tertiary/aromatic N) is 3. The van der Waals surface area contributed by atoms with E-state index >= 15 is 0 Å². The molecule has 0 unspecified atom stereocenters. The molecule has 5 nitrogen and oxygen atoms in total. The number of methoxy groups -OCH3 is 1. The van der Waals surface area contributed by atoms with Gasteiger partial charge in [-0.15, -0.1) is 5.10 Å². The largest absolute Gasteiger partial charge is 0.494 e. The van der Waals surface area contributed by atoms with Crippen LogP contribution in [0.15, 0.2) is 18.2 Å². The highest BCUT2D eigenvalue weighted by molar-refractivity contribution is 5.58. The number of anilines is 1. The van der Waals surface area contributed by atoms with E-state index in [1.165, 1.54) is 23.9 Å². The Bertz CT molecular complexity index is 504. The predicted octanol–water partition coefficient (Wildman–Crippen LogP) is 1.21. The molecular weight excluding hydrogens is 211 g/mol. The third-order valence-electron chi connectivity index (χ3n) is 2.21. The maximum atomic E-state index is 13.2. The van der Waals surface area contributed by atoms with Crippen LogP contribution in [-0.4, -0.2) is 21.9 Å². The number of nitrogens with two attached hydrogens (primary N) is 1. The van der Waals surface area contributed by atoms with E-state index in [-0.39, 0.29) is 5.75 Å². The van der Waals surface area contributed by atoms with Crippen LogP contribution in [0.1, 0.15) is 0 Å². The van der Waals surface area contributed by atoms with E-state index in [9.17, 15) is 4.39 Å². The topological polar surface area (TPSA) is 66.0 Å². The molecule has 0 radical (unpaired) electrons. The van der Waals surface area contributed by atoms with Gasteiger partial charge in [-0.2, -0.15) is 4.98 Å². The molecule has 0 aliphatic carbocycles. The Labute approximate surface area is 91.7 Å². The number of rotatable bonds is 2. The maximum Gasteiger partial charge on any atom is 0.218 e. The van der Waals surface area contributed by atoms with Crippen molar-refractivity contribution in [3.63, 3.8) is 0 Å². The average Bonchev–Trinajstić information content (AvgIpc) is 2.60. The molecule has 0 saturated heterocycles. The number of nitrogen functional groups attached to an aromatic ring is 1. The number of halogens is 1. The van der Waals surface area contributed by atoms with Gasteiger partial charge in [-0.1, -0.05) is 0 Å². The van der Waals surface area contributed by atoms with Crippen molar-refractivity contribution >= 4 is 5.95 Å². The van der Waals surface area contributed by atoms with Gasteiger partial charge in [-0.3, -0.25) is 0 Å². The van der Waals surface area contributed by atoms with E-state index in [0.29, 0.717) is 17.3 Å². The number of aromatic nitrogens is 3. The first kappa shape index (κ1) is 10.4. The van der Waals surface area contributed by atoms with Gasteiger partial charge in [0, 0.05) is 12.6 Å². The SMILES string of the molecule is COc1cc(-c2nc(N)n(C)n2)ccc1F. The third kappa shape index (κ3) is 1.69. The van der Waals surface area contributed by atoms with E-state index in [4.69, 9.17) is 10.5 Å². The van der Waals surface area contributed by atoms with Crippen LogP contribution < -0.4 is 10.5 Å². The van der Waals surface area contributed by atoms with Crippen molar-refractivity contribution in [1.82, 2.24) is 14.8 Å². The van der Waals surface area contributed by atoms with E-state index in [1.807, 2.05) is 0 Å². The van der Waals surface area contributed by atoms with Crippen molar-refractivity contribution in [3.05, 3.63) is 24.0 Å². The highest BCUT2D eigenvalue weighted by Gasteiger charge is 2.10. The fourth-order valence-corrected chi connectivity index (χ4v) is 1.32. The summed E-state index contributed by atoms with van der Waals surface area (Å²) in [5.74, 6) is 0.482. The smallest absolute Gasteiger partial charge is 0.218 e.